The van der Waals surface area contributed by atoms with Crippen LogP contribution in [0.2, 0.25) is 0 Å². The summed E-state index contributed by atoms with van der Waals surface area (Å²) >= 11 is 0. The van der Waals surface area contributed by atoms with Crippen molar-refractivity contribution in [1.29, 1.82) is 0 Å². The van der Waals surface area contributed by atoms with Crippen molar-refractivity contribution in [3.05, 3.63) is 65.2 Å². The molecular weight excluding hydrogens is 330 g/mol. The quantitative estimate of drug-likeness (QED) is 0.790. The Kier molecular flexibility index (Phi) is 5.94. The van der Waals surface area contributed by atoms with Crippen molar-refractivity contribution in [2.24, 2.45) is 0 Å². The first kappa shape index (κ1) is 18.3. The Morgan fingerprint density at radius 3 is 2.40 bits per heavy atom. The van der Waals surface area contributed by atoms with E-state index < -0.39 is 23.4 Å². The van der Waals surface area contributed by atoms with Crippen molar-refractivity contribution in [3.63, 3.8) is 0 Å². The third-order valence-electron chi connectivity index (χ3n) is 3.39. The highest BCUT2D eigenvalue weighted by molar-refractivity contribution is 6.03. The van der Waals surface area contributed by atoms with Gasteiger partial charge in [-0.1, -0.05) is 12.1 Å². The Morgan fingerprint density at radius 1 is 1.00 bits per heavy atom. The normalized spacial score (nSPS) is 10.2. The molecule has 0 atom stereocenters. The lowest BCUT2D eigenvalue weighted by Gasteiger charge is -2.10. The van der Waals surface area contributed by atoms with Gasteiger partial charge in [-0.05, 0) is 31.2 Å². The van der Waals surface area contributed by atoms with Crippen LogP contribution in [0.25, 0.3) is 0 Å². The van der Waals surface area contributed by atoms with E-state index in [4.69, 9.17) is 0 Å². The number of anilines is 1. The highest BCUT2D eigenvalue weighted by Crippen LogP contribution is 2.15. The molecule has 0 saturated carbocycles. The lowest BCUT2D eigenvalue weighted by atomic mass is 10.1. The molecule has 0 aromatic heterocycles. The molecule has 0 heterocycles. The summed E-state index contributed by atoms with van der Waals surface area (Å²) in [5.41, 5.74) is 0.466. The number of ketones is 1. The summed E-state index contributed by atoms with van der Waals surface area (Å²) in [5.74, 6) is -3.09. The summed E-state index contributed by atoms with van der Waals surface area (Å²) in [6.07, 6.45) is -0.0687. The highest BCUT2D eigenvalue weighted by Gasteiger charge is 2.13. The smallest absolute Gasteiger partial charge is 0.254 e. The maximum atomic E-state index is 13.5. The molecule has 7 heteroatoms. The van der Waals surface area contributed by atoms with Gasteiger partial charge in [0.05, 0.1) is 11.3 Å². The zero-order valence-electron chi connectivity index (χ0n) is 13.4. The Bertz CT molecular complexity index is 822. The fraction of sp³-hybridized carbons (Fsp3) is 0.167. The van der Waals surface area contributed by atoms with E-state index in [0.29, 0.717) is 17.3 Å². The number of benzene rings is 2. The molecule has 2 N–H and O–H groups in total. The summed E-state index contributed by atoms with van der Waals surface area (Å²) in [7, 11) is 0. The Morgan fingerprint density at radius 2 is 1.72 bits per heavy atom. The van der Waals surface area contributed by atoms with Crippen LogP contribution >= 0.6 is 0 Å². The van der Waals surface area contributed by atoms with Crippen LogP contribution in [0.1, 0.15) is 34.1 Å². The predicted octanol–water partition coefficient (Wildman–Crippen LogP) is 2.93. The molecule has 0 unspecified atom stereocenters. The van der Waals surface area contributed by atoms with Crippen LogP contribution in [0.15, 0.2) is 42.5 Å². The van der Waals surface area contributed by atoms with Gasteiger partial charge in [0.1, 0.15) is 11.6 Å². The van der Waals surface area contributed by atoms with Crippen molar-refractivity contribution in [2.45, 2.75) is 13.3 Å². The number of rotatable bonds is 6. The third kappa shape index (κ3) is 4.94. The van der Waals surface area contributed by atoms with E-state index in [2.05, 4.69) is 10.6 Å². The van der Waals surface area contributed by atoms with Gasteiger partial charge in [-0.25, -0.2) is 8.78 Å². The first-order valence-electron chi connectivity index (χ1n) is 7.51. The Hall–Kier alpha value is -3.09. The SMILES string of the molecule is CC(=O)c1ccccc1NC(=O)CCNC(=O)c1ccc(F)cc1F. The number of carbonyl (C=O) groups excluding carboxylic acids is 3. The van der Waals surface area contributed by atoms with Crippen molar-refractivity contribution in [1.82, 2.24) is 5.32 Å². The minimum atomic E-state index is -0.975. The van der Waals surface area contributed by atoms with Crippen LogP contribution in [0.5, 0.6) is 0 Å². The van der Waals surface area contributed by atoms with E-state index in [1.807, 2.05) is 0 Å². The van der Waals surface area contributed by atoms with Crippen molar-refractivity contribution >= 4 is 23.3 Å². The van der Waals surface area contributed by atoms with Gasteiger partial charge in [0.15, 0.2) is 5.78 Å². The predicted molar refractivity (Wildman–Crippen MR) is 88.4 cm³/mol. The van der Waals surface area contributed by atoms with Crippen LogP contribution < -0.4 is 10.6 Å². The van der Waals surface area contributed by atoms with E-state index in [1.54, 1.807) is 24.3 Å². The molecule has 5 nitrogen and oxygen atoms in total. The third-order valence-corrected chi connectivity index (χ3v) is 3.39. The molecule has 0 bridgehead atoms. The second kappa shape index (κ2) is 8.14. The number of nitrogens with one attached hydrogen (secondary N) is 2. The second-order valence-electron chi connectivity index (χ2n) is 5.28. The van der Waals surface area contributed by atoms with Crippen LogP contribution in [0.3, 0.4) is 0 Å². The van der Waals surface area contributed by atoms with Crippen LogP contribution in [0.4, 0.5) is 14.5 Å². The number of hydrogen-bond donors (Lipinski definition) is 2. The first-order chi connectivity index (χ1) is 11.9. The first-order valence-corrected chi connectivity index (χ1v) is 7.51. The molecule has 0 saturated heterocycles. The molecule has 0 aliphatic carbocycles. The van der Waals surface area contributed by atoms with Crippen LogP contribution in [-0.4, -0.2) is 24.1 Å². The molecule has 0 aliphatic rings. The molecule has 130 valence electrons. The summed E-state index contributed by atoms with van der Waals surface area (Å²) in [6.45, 7) is 1.35. The topological polar surface area (TPSA) is 75.3 Å². The number of amides is 2. The second-order valence-corrected chi connectivity index (χ2v) is 5.28. The molecule has 2 amide bonds. The van der Waals surface area contributed by atoms with E-state index in [0.717, 1.165) is 12.1 Å². The highest BCUT2D eigenvalue weighted by atomic mass is 19.1. The summed E-state index contributed by atoms with van der Waals surface area (Å²) in [4.78, 5) is 35.2. The largest absolute Gasteiger partial charge is 0.351 e. The fourth-order valence-corrected chi connectivity index (χ4v) is 2.17. The molecule has 0 fully saturated rings. The average molecular weight is 346 g/mol. The number of hydrogen-bond acceptors (Lipinski definition) is 3. The molecular formula is C18H16F2N2O3. The number of halogens is 2. The van der Waals surface area contributed by atoms with Crippen LogP contribution in [0, 0.1) is 11.6 Å². The van der Waals surface area contributed by atoms with E-state index >= 15 is 0 Å². The van der Waals surface area contributed by atoms with Gasteiger partial charge in [0.25, 0.3) is 5.91 Å². The van der Waals surface area contributed by atoms with Crippen molar-refractivity contribution in [3.8, 4) is 0 Å². The zero-order chi connectivity index (χ0) is 18.4. The molecule has 2 aromatic rings. The minimum Gasteiger partial charge on any atom is -0.351 e. The van der Waals surface area contributed by atoms with E-state index in [1.165, 1.54) is 6.92 Å². The van der Waals surface area contributed by atoms with Gasteiger partial charge in [0.2, 0.25) is 5.91 Å². The standard InChI is InChI=1S/C18H16F2N2O3/c1-11(23)13-4-2-3-5-16(13)22-17(24)8-9-21-18(25)14-7-6-12(19)10-15(14)20/h2-7,10H,8-9H2,1H3,(H,21,25)(H,22,24). The zero-order valence-corrected chi connectivity index (χ0v) is 13.4. The van der Waals surface area contributed by atoms with E-state index in [-0.39, 0.29) is 24.3 Å². The van der Waals surface area contributed by atoms with Gasteiger partial charge < -0.3 is 10.6 Å². The molecule has 0 spiro atoms. The van der Waals surface area contributed by atoms with Crippen molar-refractivity contribution < 1.29 is 23.2 Å². The van der Waals surface area contributed by atoms with Crippen LogP contribution in [-0.2, 0) is 4.79 Å². The average Bonchev–Trinajstić information content (AvgIpc) is 2.54. The molecule has 25 heavy (non-hydrogen) atoms. The van der Waals surface area contributed by atoms with E-state index in [9.17, 15) is 23.2 Å². The maximum Gasteiger partial charge on any atom is 0.254 e. The van der Waals surface area contributed by atoms with Gasteiger partial charge in [-0.3, -0.25) is 14.4 Å². The number of carbonyl (C=O) groups is 3. The number of Topliss-reactive ketones (excluding diaryl/α,β-unsaturated/α-hetero) is 1. The summed E-state index contributed by atoms with van der Waals surface area (Å²) in [6, 6.07) is 9.18. The van der Waals surface area contributed by atoms with Gasteiger partial charge in [-0.2, -0.15) is 0 Å². The molecule has 0 aliphatic heterocycles. The maximum absolute atomic E-state index is 13.5. The Labute approximate surface area is 143 Å². The monoisotopic (exact) mass is 346 g/mol. The van der Waals surface area contributed by atoms with Crippen molar-refractivity contribution in [2.75, 3.05) is 11.9 Å². The lowest BCUT2D eigenvalue weighted by Crippen LogP contribution is -2.28. The molecule has 2 rings (SSSR count). The molecule has 2 aromatic carbocycles. The molecule has 0 radical (unpaired) electrons. The fourth-order valence-electron chi connectivity index (χ4n) is 2.17. The summed E-state index contributed by atoms with van der Waals surface area (Å²) in [5, 5.41) is 4.97. The van der Waals surface area contributed by atoms with Gasteiger partial charge >= 0.3 is 0 Å². The minimum absolute atomic E-state index is 0.0380. The Balaban J connectivity index is 1.88. The van der Waals surface area contributed by atoms with Gasteiger partial charge in [0, 0.05) is 24.6 Å². The number of para-hydroxylation sites is 1. The lowest BCUT2D eigenvalue weighted by molar-refractivity contribution is -0.116. The summed E-state index contributed by atoms with van der Waals surface area (Å²) < 4.78 is 26.3. The van der Waals surface area contributed by atoms with Gasteiger partial charge in [-0.15, -0.1) is 0 Å².